The van der Waals surface area contributed by atoms with Gasteiger partial charge in [-0.3, -0.25) is 4.79 Å². The van der Waals surface area contributed by atoms with Crippen LogP contribution >= 0.6 is 22.6 Å². The number of carboxylic acid groups (broad SMARTS) is 1. The van der Waals surface area contributed by atoms with Crippen LogP contribution in [0.1, 0.15) is 31.2 Å². The maximum Gasteiger partial charge on any atom is 0.310 e. The lowest BCUT2D eigenvalue weighted by Gasteiger charge is -2.11. The van der Waals surface area contributed by atoms with Crippen molar-refractivity contribution in [3.8, 4) is 0 Å². The van der Waals surface area contributed by atoms with E-state index in [0.29, 0.717) is 6.42 Å². The number of benzene rings is 1. The first-order chi connectivity index (χ1) is 6.65. The Morgan fingerprint density at radius 1 is 1.43 bits per heavy atom. The molecule has 0 amide bonds. The van der Waals surface area contributed by atoms with Gasteiger partial charge < -0.3 is 5.11 Å². The van der Waals surface area contributed by atoms with Gasteiger partial charge in [0.1, 0.15) is 0 Å². The van der Waals surface area contributed by atoms with Gasteiger partial charge in [-0.15, -0.1) is 0 Å². The highest BCUT2D eigenvalue weighted by atomic mass is 127. The van der Waals surface area contributed by atoms with Gasteiger partial charge >= 0.3 is 5.97 Å². The zero-order valence-corrected chi connectivity index (χ0v) is 10.2. The van der Waals surface area contributed by atoms with E-state index in [1.165, 1.54) is 0 Å². The number of halogens is 1. The van der Waals surface area contributed by atoms with Crippen LogP contribution in [-0.4, -0.2) is 11.1 Å². The highest BCUT2D eigenvalue weighted by molar-refractivity contribution is 14.1. The van der Waals surface area contributed by atoms with E-state index in [-0.39, 0.29) is 5.92 Å². The molecule has 3 heteroatoms. The summed E-state index contributed by atoms with van der Waals surface area (Å²) in [5.41, 5.74) is 0.903. The molecule has 0 spiro atoms. The molecule has 0 saturated heterocycles. The van der Waals surface area contributed by atoms with Gasteiger partial charge in [0.2, 0.25) is 0 Å². The standard InChI is InChI=1S/C11H13IO2/c1-2-3-10(11(13)14)8-4-6-9(12)7-5-8/h4-7,10H,2-3H2,1H3,(H,13,14). The number of rotatable bonds is 4. The number of carboxylic acids is 1. The maximum atomic E-state index is 11.0. The second-order valence-electron chi connectivity index (χ2n) is 3.23. The van der Waals surface area contributed by atoms with Crippen LogP contribution in [-0.2, 0) is 4.79 Å². The van der Waals surface area contributed by atoms with Crippen molar-refractivity contribution in [3.05, 3.63) is 33.4 Å². The summed E-state index contributed by atoms with van der Waals surface area (Å²) in [6, 6.07) is 7.69. The fourth-order valence-electron chi connectivity index (χ4n) is 1.42. The third-order valence-electron chi connectivity index (χ3n) is 2.15. The van der Waals surface area contributed by atoms with Crippen molar-refractivity contribution in [3.63, 3.8) is 0 Å². The minimum atomic E-state index is -0.729. The Kier molecular flexibility index (Phi) is 4.38. The summed E-state index contributed by atoms with van der Waals surface area (Å²) in [5, 5.41) is 9.03. The molecule has 14 heavy (non-hydrogen) atoms. The molecule has 1 aromatic rings. The monoisotopic (exact) mass is 304 g/mol. The molecule has 0 aromatic heterocycles. The van der Waals surface area contributed by atoms with Gasteiger partial charge in [0.15, 0.2) is 0 Å². The van der Waals surface area contributed by atoms with Crippen LogP contribution in [0.3, 0.4) is 0 Å². The first-order valence-electron chi connectivity index (χ1n) is 4.63. The molecule has 1 N–H and O–H groups in total. The predicted molar refractivity (Wildman–Crippen MR) is 64.4 cm³/mol. The van der Waals surface area contributed by atoms with Gasteiger partial charge in [0.25, 0.3) is 0 Å². The molecule has 0 fully saturated rings. The normalized spacial score (nSPS) is 12.4. The SMILES string of the molecule is CCCC(C(=O)O)c1ccc(I)cc1. The zero-order valence-electron chi connectivity index (χ0n) is 8.03. The van der Waals surface area contributed by atoms with Gasteiger partial charge in [-0.25, -0.2) is 0 Å². The minimum Gasteiger partial charge on any atom is -0.481 e. The fraction of sp³-hybridized carbons (Fsp3) is 0.364. The van der Waals surface area contributed by atoms with Gasteiger partial charge in [-0.1, -0.05) is 25.5 Å². The lowest BCUT2D eigenvalue weighted by Crippen LogP contribution is -2.11. The summed E-state index contributed by atoms with van der Waals surface area (Å²) in [6.07, 6.45) is 1.60. The van der Waals surface area contributed by atoms with Crippen molar-refractivity contribution in [2.45, 2.75) is 25.7 Å². The van der Waals surface area contributed by atoms with E-state index in [1.807, 2.05) is 31.2 Å². The quantitative estimate of drug-likeness (QED) is 0.867. The highest BCUT2D eigenvalue weighted by Crippen LogP contribution is 2.22. The molecule has 1 aromatic carbocycles. The van der Waals surface area contributed by atoms with Crippen LogP contribution in [0.5, 0.6) is 0 Å². The third-order valence-corrected chi connectivity index (χ3v) is 2.87. The number of hydrogen-bond acceptors (Lipinski definition) is 1. The molecule has 0 radical (unpaired) electrons. The third kappa shape index (κ3) is 2.97. The molecule has 1 rings (SSSR count). The molecule has 1 atom stereocenters. The molecule has 0 bridgehead atoms. The first-order valence-corrected chi connectivity index (χ1v) is 5.71. The zero-order chi connectivity index (χ0) is 10.6. The fourth-order valence-corrected chi connectivity index (χ4v) is 1.78. The Labute approximate surface area is 97.5 Å². The average Bonchev–Trinajstić information content (AvgIpc) is 2.15. The van der Waals surface area contributed by atoms with Crippen molar-refractivity contribution in [2.24, 2.45) is 0 Å². The van der Waals surface area contributed by atoms with Crippen LogP contribution in [0.15, 0.2) is 24.3 Å². The van der Waals surface area contributed by atoms with Gasteiger partial charge in [-0.05, 0) is 46.7 Å². The van der Waals surface area contributed by atoms with Crippen molar-refractivity contribution >= 4 is 28.6 Å². The van der Waals surface area contributed by atoms with Crippen molar-refractivity contribution in [1.29, 1.82) is 0 Å². The van der Waals surface area contributed by atoms with E-state index in [1.54, 1.807) is 0 Å². The molecule has 0 aliphatic heterocycles. The Morgan fingerprint density at radius 3 is 2.43 bits per heavy atom. The number of hydrogen-bond donors (Lipinski definition) is 1. The molecular weight excluding hydrogens is 291 g/mol. The van der Waals surface area contributed by atoms with E-state index in [0.717, 1.165) is 15.6 Å². The average molecular weight is 304 g/mol. The smallest absolute Gasteiger partial charge is 0.310 e. The summed E-state index contributed by atoms with van der Waals surface area (Å²) in [6.45, 7) is 2.00. The molecule has 0 aliphatic rings. The van der Waals surface area contributed by atoms with Crippen molar-refractivity contribution in [2.75, 3.05) is 0 Å². The Balaban J connectivity index is 2.87. The first kappa shape index (κ1) is 11.5. The summed E-state index contributed by atoms with van der Waals surface area (Å²) >= 11 is 2.21. The maximum absolute atomic E-state index is 11.0. The molecule has 76 valence electrons. The summed E-state index contributed by atoms with van der Waals surface area (Å²) in [4.78, 5) is 11.0. The van der Waals surface area contributed by atoms with Crippen LogP contribution in [0.25, 0.3) is 0 Å². The Morgan fingerprint density at radius 2 is 2.00 bits per heavy atom. The molecular formula is C11H13IO2. The second kappa shape index (κ2) is 5.34. The molecule has 0 saturated carbocycles. The molecule has 0 heterocycles. The Bertz CT molecular complexity index is 306. The lowest BCUT2D eigenvalue weighted by atomic mass is 9.95. The van der Waals surface area contributed by atoms with Crippen molar-refractivity contribution in [1.82, 2.24) is 0 Å². The van der Waals surface area contributed by atoms with Gasteiger partial charge in [0.05, 0.1) is 5.92 Å². The summed E-state index contributed by atoms with van der Waals surface area (Å²) in [5.74, 6) is -1.08. The molecule has 0 aliphatic carbocycles. The van der Waals surface area contributed by atoms with Gasteiger partial charge in [-0.2, -0.15) is 0 Å². The van der Waals surface area contributed by atoms with Crippen LogP contribution < -0.4 is 0 Å². The topological polar surface area (TPSA) is 37.3 Å². The number of aliphatic carboxylic acids is 1. The lowest BCUT2D eigenvalue weighted by molar-refractivity contribution is -0.139. The van der Waals surface area contributed by atoms with E-state index >= 15 is 0 Å². The summed E-state index contributed by atoms with van der Waals surface area (Å²) in [7, 11) is 0. The van der Waals surface area contributed by atoms with Crippen molar-refractivity contribution < 1.29 is 9.90 Å². The highest BCUT2D eigenvalue weighted by Gasteiger charge is 2.17. The minimum absolute atomic E-state index is 0.350. The van der Waals surface area contributed by atoms with Crippen LogP contribution in [0, 0.1) is 3.57 Å². The number of carbonyl (C=O) groups is 1. The van der Waals surface area contributed by atoms with E-state index in [4.69, 9.17) is 5.11 Å². The van der Waals surface area contributed by atoms with Gasteiger partial charge in [0, 0.05) is 3.57 Å². The largest absolute Gasteiger partial charge is 0.481 e. The molecule has 1 unspecified atom stereocenters. The van der Waals surface area contributed by atoms with E-state index < -0.39 is 5.97 Å². The Hall–Kier alpha value is -0.580. The van der Waals surface area contributed by atoms with E-state index in [2.05, 4.69) is 22.6 Å². The van der Waals surface area contributed by atoms with E-state index in [9.17, 15) is 4.79 Å². The van der Waals surface area contributed by atoms with Crippen LogP contribution in [0.2, 0.25) is 0 Å². The molecule has 2 nitrogen and oxygen atoms in total. The second-order valence-corrected chi connectivity index (χ2v) is 4.48. The van der Waals surface area contributed by atoms with Crippen LogP contribution in [0.4, 0.5) is 0 Å². The summed E-state index contributed by atoms with van der Waals surface area (Å²) < 4.78 is 1.13. The predicted octanol–water partition coefficient (Wildman–Crippen LogP) is 3.26.